The van der Waals surface area contributed by atoms with E-state index < -0.39 is 11.1 Å². The van der Waals surface area contributed by atoms with Gasteiger partial charge in [0, 0.05) is 0 Å². The summed E-state index contributed by atoms with van der Waals surface area (Å²) in [5.41, 5.74) is -0.00617. The zero-order valence-electron chi connectivity index (χ0n) is 5.27. The van der Waals surface area contributed by atoms with Crippen LogP contribution < -0.4 is 0 Å². The van der Waals surface area contributed by atoms with Crippen LogP contribution >= 0.6 is 23.2 Å². The van der Waals surface area contributed by atoms with E-state index >= 15 is 0 Å². The van der Waals surface area contributed by atoms with Crippen molar-refractivity contribution < 1.29 is 9.18 Å². The molecular formula is C7H3Cl2FO. The van der Waals surface area contributed by atoms with Crippen LogP contribution in [-0.4, -0.2) is 5.24 Å². The van der Waals surface area contributed by atoms with Crippen molar-refractivity contribution in [3.8, 4) is 0 Å². The summed E-state index contributed by atoms with van der Waals surface area (Å²) < 4.78 is 12.6. The molecule has 0 saturated heterocycles. The highest BCUT2D eigenvalue weighted by atomic mass is 35.5. The summed E-state index contributed by atoms with van der Waals surface area (Å²) in [6.07, 6.45) is 0. The first-order valence-electron chi connectivity index (χ1n) is 2.77. The van der Waals surface area contributed by atoms with Gasteiger partial charge >= 0.3 is 0 Å². The van der Waals surface area contributed by atoms with Crippen LogP contribution in [-0.2, 0) is 0 Å². The topological polar surface area (TPSA) is 17.1 Å². The number of hydrogen-bond acceptors (Lipinski definition) is 1. The van der Waals surface area contributed by atoms with E-state index in [4.69, 9.17) is 23.2 Å². The number of hydrogen-bond donors (Lipinski definition) is 0. The zero-order valence-corrected chi connectivity index (χ0v) is 6.79. The van der Waals surface area contributed by atoms with Crippen LogP contribution in [0.4, 0.5) is 4.39 Å². The summed E-state index contributed by atoms with van der Waals surface area (Å²) in [5, 5.41) is -0.984. The average molecular weight is 193 g/mol. The quantitative estimate of drug-likeness (QED) is 0.626. The van der Waals surface area contributed by atoms with E-state index in [0.717, 1.165) is 6.07 Å². The third-order valence-electron chi connectivity index (χ3n) is 1.16. The number of benzene rings is 1. The zero-order chi connectivity index (χ0) is 8.43. The third kappa shape index (κ3) is 1.70. The van der Waals surface area contributed by atoms with Gasteiger partial charge in [-0.3, -0.25) is 4.79 Å². The van der Waals surface area contributed by atoms with E-state index in [9.17, 15) is 9.18 Å². The molecule has 11 heavy (non-hydrogen) atoms. The van der Waals surface area contributed by atoms with E-state index in [-0.39, 0.29) is 10.6 Å². The van der Waals surface area contributed by atoms with Crippen molar-refractivity contribution in [3.05, 3.63) is 34.6 Å². The summed E-state index contributed by atoms with van der Waals surface area (Å²) >= 11 is 10.5. The third-order valence-corrected chi connectivity index (χ3v) is 1.75. The minimum atomic E-state index is -0.755. The van der Waals surface area contributed by atoms with Crippen LogP contribution in [0.1, 0.15) is 10.4 Å². The van der Waals surface area contributed by atoms with Crippen LogP contribution in [0.5, 0.6) is 0 Å². The second-order valence-corrected chi connectivity index (χ2v) is 2.60. The molecular weight excluding hydrogens is 190 g/mol. The van der Waals surface area contributed by atoms with Crippen molar-refractivity contribution >= 4 is 28.4 Å². The van der Waals surface area contributed by atoms with Gasteiger partial charge < -0.3 is 0 Å². The number of rotatable bonds is 1. The van der Waals surface area contributed by atoms with Gasteiger partial charge in [-0.2, -0.15) is 0 Å². The normalized spacial score (nSPS) is 9.73. The maximum Gasteiger partial charge on any atom is 0.254 e. The second-order valence-electron chi connectivity index (χ2n) is 1.88. The molecule has 1 aromatic rings. The summed E-state index contributed by atoms with van der Waals surface area (Å²) in [6.45, 7) is 0. The number of halogens is 3. The fraction of sp³-hybridized carbons (Fsp3) is 0. The fourth-order valence-electron chi connectivity index (χ4n) is 0.656. The molecule has 0 spiro atoms. The highest BCUT2D eigenvalue weighted by Crippen LogP contribution is 2.20. The van der Waals surface area contributed by atoms with Gasteiger partial charge in [-0.15, -0.1) is 0 Å². The molecule has 0 heterocycles. The lowest BCUT2D eigenvalue weighted by atomic mass is 10.2. The number of carbonyl (C=O) groups excluding carboxylic acids is 1. The van der Waals surface area contributed by atoms with Crippen LogP contribution in [0, 0.1) is 5.82 Å². The molecule has 0 N–H and O–H groups in total. The van der Waals surface area contributed by atoms with Gasteiger partial charge in [-0.05, 0) is 23.7 Å². The first kappa shape index (κ1) is 8.50. The molecule has 0 bridgehead atoms. The molecule has 0 atom stereocenters. The van der Waals surface area contributed by atoms with Crippen molar-refractivity contribution in [3.63, 3.8) is 0 Å². The second kappa shape index (κ2) is 3.20. The largest absolute Gasteiger partial charge is 0.276 e. The predicted molar refractivity (Wildman–Crippen MR) is 41.6 cm³/mol. The van der Waals surface area contributed by atoms with Crippen molar-refractivity contribution in [2.45, 2.75) is 0 Å². The van der Waals surface area contributed by atoms with E-state index in [1.54, 1.807) is 0 Å². The van der Waals surface area contributed by atoms with E-state index in [1.807, 2.05) is 0 Å². The molecule has 1 nitrogen and oxygen atoms in total. The van der Waals surface area contributed by atoms with Crippen LogP contribution in [0.25, 0.3) is 0 Å². The maximum atomic E-state index is 12.6. The van der Waals surface area contributed by atoms with E-state index in [2.05, 4.69) is 0 Å². The molecule has 0 fully saturated rings. The van der Waals surface area contributed by atoms with Gasteiger partial charge in [0.2, 0.25) is 0 Å². The number of carbonyl (C=O) groups is 1. The van der Waals surface area contributed by atoms with Gasteiger partial charge in [0.1, 0.15) is 5.82 Å². The van der Waals surface area contributed by atoms with Crippen LogP contribution in [0.2, 0.25) is 5.02 Å². The smallest absolute Gasteiger partial charge is 0.254 e. The van der Waals surface area contributed by atoms with Gasteiger partial charge in [-0.1, -0.05) is 17.7 Å². The molecule has 58 valence electrons. The van der Waals surface area contributed by atoms with Crippen LogP contribution in [0.15, 0.2) is 18.2 Å². The van der Waals surface area contributed by atoms with Crippen molar-refractivity contribution in [2.24, 2.45) is 0 Å². The Kier molecular flexibility index (Phi) is 2.47. The first-order valence-corrected chi connectivity index (χ1v) is 3.52. The lowest BCUT2D eigenvalue weighted by Crippen LogP contribution is -1.91. The Hall–Kier alpha value is -0.600. The van der Waals surface area contributed by atoms with Crippen molar-refractivity contribution in [1.29, 1.82) is 0 Å². The van der Waals surface area contributed by atoms with Crippen molar-refractivity contribution in [1.82, 2.24) is 0 Å². The molecule has 0 saturated carbocycles. The minimum Gasteiger partial charge on any atom is -0.276 e. The Balaban J connectivity index is 3.27. The molecule has 0 unspecified atom stereocenters. The minimum absolute atomic E-state index is 0.00617. The molecule has 0 radical (unpaired) electrons. The van der Waals surface area contributed by atoms with E-state index in [0.29, 0.717) is 0 Å². The summed E-state index contributed by atoms with van der Waals surface area (Å²) in [4.78, 5) is 10.5. The maximum absolute atomic E-state index is 12.6. The fourth-order valence-corrected chi connectivity index (χ4v) is 1.07. The summed E-state index contributed by atoms with van der Waals surface area (Å²) in [6, 6.07) is 3.89. The van der Waals surface area contributed by atoms with Gasteiger partial charge in [-0.25, -0.2) is 4.39 Å². The summed E-state index contributed by atoms with van der Waals surface area (Å²) in [7, 11) is 0. The first-order chi connectivity index (χ1) is 5.13. The monoisotopic (exact) mass is 192 g/mol. The van der Waals surface area contributed by atoms with Gasteiger partial charge in [0.05, 0.1) is 10.6 Å². The Morgan fingerprint density at radius 1 is 1.45 bits per heavy atom. The Morgan fingerprint density at radius 3 is 2.55 bits per heavy atom. The molecule has 0 aromatic heterocycles. The molecule has 0 aliphatic heterocycles. The molecule has 1 rings (SSSR count). The van der Waals surface area contributed by atoms with Crippen LogP contribution in [0.3, 0.4) is 0 Å². The van der Waals surface area contributed by atoms with Crippen molar-refractivity contribution in [2.75, 3.05) is 0 Å². The molecule has 0 amide bonds. The standard InChI is InChI=1S/C7H3Cl2FO/c8-6-4(7(9)11)2-1-3-5(6)10/h1-3H. The highest BCUT2D eigenvalue weighted by Gasteiger charge is 2.09. The highest BCUT2D eigenvalue weighted by molar-refractivity contribution is 6.68. The Morgan fingerprint density at radius 2 is 2.09 bits per heavy atom. The molecule has 1 aromatic carbocycles. The predicted octanol–water partition coefficient (Wildman–Crippen LogP) is 2.86. The van der Waals surface area contributed by atoms with E-state index in [1.165, 1.54) is 12.1 Å². The molecule has 4 heteroatoms. The Bertz CT molecular complexity index is 298. The Labute approximate surface area is 72.7 Å². The van der Waals surface area contributed by atoms with Gasteiger partial charge in [0.15, 0.2) is 0 Å². The van der Waals surface area contributed by atoms with Gasteiger partial charge in [0.25, 0.3) is 5.24 Å². The SMILES string of the molecule is O=C(Cl)c1cccc(F)c1Cl. The molecule has 0 aliphatic carbocycles. The average Bonchev–Trinajstić information content (AvgIpc) is 1.94. The summed E-state index contributed by atoms with van der Waals surface area (Å²) in [5.74, 6) is -0.641. The molecule has 0 aliphatic rings. The lowest BCUT2D eigenvalue weighted by Gasteiger charge is -1.97. The lowest BCUT2D eigenvalue weighted by molar-refractivity contribution is 0.108.